The fourth-order valence-electron chi connectivity index (χ4n) is 5.09. The largest absolute Gasteiger partial charge is 0.198 e. The molecule has 2 aromatic carbocycles. The highest BCUT2D eigenvalue weighted by Crippen LogP contribution is 2.42. The zero-order valence-electron chi connectivity index (χ0n) is 19.1. The van der Waals surface area contributed by atoms with Gasteiger partial charge < -0.3 is 0 Å². The molecule has 0 aliphatic heterocycles. The number of rotatable bonds is 10. The molecule has 1 fully saturated rings. The third-order valence-electron chi connectivity index (χ3n) is 7.03. The number of aryl methyl sites for hydroxylation is 2. The van der Waals surface area contributed by atoms with E-state index in [1.165, 1.54) is 73.6 Å². The zero-order chi connectivity index (χ0) is 21.2. The Kier molecular flexibility index (Phi) is 8.56. The molecule has 0 heterocycles. The molecule has 1 heteroatoms. The fraction of sp³-hybridized carbons (Fsp3) is 0.552. The molecular formula is C29H39N. The van der Waals surface area contributed by atoms with Crippen LogP contribution in [0.2, 0.25) is 0 Å². The van der Waals surface area contributed by atoms with Crippen LogP contribution in [0.15, 0.2) is 48.5 Å². The molecule has 0 spiro atoms. The summed E-state index contributed by atoms with van der Waals surface area (Å²) in [6, 6.07) is 20.8. The van der Waals surface area contributed by atoms with Crippen LogP contribution in [0, 0.1) is 22.7 Å². The van der Waals surface area contributed by atoms with Crippen molar-refractivity contribution in [2.45, 2.75) is 90.9 Å². The average molecular weight is 402 g/mol. The number of nitriles is 1. The van der Waals surface area contributed by atoms with E-state index in [2.05, 4.69) is 68.4 Å². The maximum absolute atomic E-state index is 9.79. The van der Waals surface area contributed by atoms with E-state index in [-0.39, 0.29) is 5.41 Å². The molecule has 1 saturated carbocycles. The standard InChI is InChI=1S/C29H39N/c1-3-4-5-6-7-10-25-11-15-27(16-12-25)28-17-13-26(14-18-28)19-21-29(23-30)20-8-9-24(2)22-29/h11-18,24H,3-10,19-22H2,1-2H3. The first-order valence-corrected chi connectivity index (χ1v) is 12.2. The van der Waals surface area contributed by atoms with Crippen LogP contribution < -0.4 is 0 Å². The van der Waals surface area contributed by atoms with E-state index in [0.29, 0.717) is 5.92 Å². The molecule has 2 aromatic rings. The van der Waals surface area contributed by atoms with Crippen molar-refractivity contribution in [3.8, 4) is 17.2 Å². The third kappa shape index (κ3) is 6.46. The SMILES string of the molecule is CCCCCCCc1ccc(-c2ccc(CCC3(C#N)CCCC(C)C3)cc2)cc1. The quantitative estimate of drug-likeness (QED) is 0.366. The topological polar surface area (TPSA) is 23.8 Å². The average Bonchev–Trinajstić information content (AvgIpc) is 2.78. The van der Waals surface area contributed by atoms with Gasteiger partial charge in [-0.1, -0.05) is 101 Å². The van der Waals surface area contributed by atoms with Gasteiger partial charge in [-0.25, -0.2) is 0 Å². The van der Waals surface area contributed by atoms with Crippen molar-refractivity contribution >= 4 is 0 Å². The molecule has 160 valence electrons. The van der Waals surface area contributed by atoms with E-state index in [4.69, 9.17) is 0 Å². The van der Waals surface area contributed by atoms with Gasteiger partial charge in [0, 0.05) is 0 Å². The first kappa shape index (κ1) is 22.6. The Morgan fingerprint density at radius 1 is 0.867 bits per heavy atom. The van der Waals surface area contributed by atoms with Gasteiger partial charge in [-0.3, -0.25) is 0 Å². The van der Waals surface area contributed by atoms with Gasteiger partial charge in [0.25, 0.3) is 0 Å². The summed E-state index contributed by atoms with van der Waals surface area (Å²) < 4.78 is 0. The van der Waals surface area contributed by atoms with Crippen LogP contribution in [0.5, 0.6) is 0 Å². The molecule has 0 saturated heterocycles. The highest BCUT2D eigenvalue weighted by atomic mass is 14.4. The van der Waals surface area contributed by atoms with Crippen LogP contribution in [0.4, 0.5) is 0 Å². The molecule has 1 aliphatic rings. The highest BCUT2D eigenvalue weighted by molar-refractivity contribution is 5.64. The molecular weight excluding hydrogens is 362 g/mol. The third-order valence-corrected chi connectivity index (χ3v) is 7.03. The molecule has 0 aromatic heterocycles. The van der Waals surface area contributed by atoms with E-state index in [9.17, 15) is 5.26 Å². The van der Waals surface area contributed by atoms with Gasteiger partial charge in [0.1, 0.15) is 0 Å². The summed E-state index contributed by atoms with van der Waals surface area (Å²) >= 11 is 0. The Morgan fingerprint density at radius 2 is 1.47 bits per heavy atom. The normalized spacial score (nSPS) is 21.3. The van der Waals surface area contributed by atoms with Crippen LogP contribution in [0.25, 0.3) is 11.1 Å². The summed E-state index contributed by atoms with van der Waals surface area (Å²) in [6.45, 7) is 4.57. The van der Waals surface area contributed by atoms with Crippen molar-refractivity contribution in [1.29, 1.82) is 5.26 Å². The van der Waals surface area contributed by atoms with Crippen molar-refractivity contribution < 1.29 is 0 Å². The minimum atomic E-state index is -0.0945. The number of benzene rings is 2. The molecule has 0 amide bonds. The Bertz CT molecular complexity index is 796. The van der Waals surface area contributed by atoms with Gasteiger partial charge in [-0.15, -0.1) is 0 Å². The van der Waals surface area contributed by atoms with E-state index in [0.717, 1.165) is 25.7 Å². The maximum atomic E-state index is 9.79. The Morgan fingerprint density at radius 3 is 2.03 bits per heavy atom. The van der Waals surface area contributed by atoms with Gasteiger partial charge in [-0.2, -0.15) is 5.26 Å². The van der Waals surface area contributed by atoms with Crippen LogP contribution in [-0.2, 0) is 12.8 Å². The smallest absolute Gasteiger partial charge is 0.0689 e. The van der Waals surface area contributed by atoms with Crippen molar-refractivity contribution in [3.05, 3.63) is 59.7 Å². The number of hydrogen-bond acceptors (Lipinski definition) is 1. The molecule has 0 radical (unpaired) electrons. The molecule has 3 rings (SSSR count). The van der Waals surface area contributed by atoms with Gasteiger partial charge >= 0.3 is 0 Å². The molecule has 1 nitrogen and oxygen atoms in total. The summed E-state index contributed by atoms with van der Waals surface area (Å²) in [6.07, 6.45) is 14.6. The van der Waals surface area contributed by atoms with Gasteiger partial charge in [-0.05, 0) is 66.7 Å². The Balaban J connectivity index is 1.52. The summed E-state index contributed by atoms with van der Waals surface area (Å²) in [4.78, 5) is 0. The lowest BCUT2D eigenvalue weighted by atomic mass is 9.68. The number of hydrogen-bond donors (Lipinski definition) is 0. The maximum Gasteiger partial charge on any atom is 0.0689 e. The minimum absolute atomic E-state index is 0.0945. The second-order valence-corrected chi connectivity index (χ2v) is 9.65. The molecule has 30 heavy (non-hydrogen) atoms. The van der Waals surface area contributed by atoms with Gasteiger partial charge in [0.2, 0.25) is 0 Å². The Hall–Kier alpha value is -2.07. The molecule has 2 unspecified atom stereocenters. The summed E-state index contributed by atoms with van der Waals surface area (Å²) in [5.74, 6) is 0.695. The molecule has 2 atom stereocenters. The lowest BCUT2D eigenvalue weighted by Gasteiger charge is -2.34. The second-order valence-electron chi connectivity index (χ2n) is 9.65. The second kappa shape index (κ2) is 11.4. The number of nitrogens with zero attached hydrogens (tertiary/aromatic N) is 1. The molecule has 0 N–H and O–H groups in total. The number of unbranched alkanes of at least 4 members (excludes halogenated alkanes) is 4. The molecule has 0 bridgehead atoms. The van der Waals surface area contributed by atoms with Crippen LogP contribution in [0.1, 0.15) is 89.2 Å². The summed E-state index contributed by atoms with van der Waals surface area (Å²) in [7, 11) is 0. The first-order valence-electron chi connectivity index (χ1n) is 12.2. The van der Waals surface area contributed by atoms with Gasteiger partial charge in [0.05, 0.1) is 11.5 Å². The van der Waals surface area contributed by atoms with Crippen molar-refractivity contribution in [2.75, 3.05) is 0 Å². The molecule has 1 aliphatic carbocycles. The van der Waals surface area contributed by atoms with Crippen LogP contribution in [-0.4, -0.2) is 0 Å². The van der Waals surface area contributed by atoms with Crippen molar-refractivity contribution in [1.82, 2.24) is 0 Å². The highest BCUT2D eigenvalue weighted by Gasteiger charge is 2.34. The lowest BCUT2D eigenvalue weighted by Crippen LogP contribution is -2.26. The van der Waals surface area contributed by atoms with E-state index < -0.39 is 0 Å². The first-order chi connectivity index (χ1) is 14.6. The predicted molar refractivity (Wildman–Crippen MR) is 128 cm³/mol. The van der Waals surface area contributed by atoms with Crippen molar-refractivity contribution in [2.24, 2.45) is 11.3 Å². The minimum Gasteiger partial charge on any atom is -0.198 e. The Labute approximate surface area is 184 Å². The lowest BCUT2D eigenvalue weighted by molar-refractivity contribution is 0.197. The van der Waals surface area contributed by atoms with E-state index >= 15 is 0 Å². The fourth-order valence-corrected chi connectivity index (χ4v) is 5.09. The van der Waals surface area contributed by atoms with Crippen LogP contribution in [0.3, 0.4) is 0 Å². The zero-order valence-corrected chi connectivity index (χ0v) is 19.1. The van der Waals surface area contributed by atoms with Crippen molar-refractivity contribution in [3.63, 3.8) is 0 Å². The predicted octanol–water partition coefficient (Wildman–Crippen LogP) is 8.52. The summed E-state index contributed by atoms with van der Waals surface area (Å²) in [5.41, 5.74) is 5.30. The van der Waals surface area contributed by atoms with Gasteiger partial charge in [0.15, 0.2) is 0 Å². The van der Waals surface area contributed by atoms with Crippen LogP contribution >= 0.6 is 0 Å². The van der Waals surface area contributed by atoms with E-state index in [1.807, 2.05) is 0 Å². The monoisotopic (exact) mass is 401 g/mol. The van der Waals surface area contributed by atoms with E-state index in [1.54, 1.807) is 0 Å². The summed E-state index contributed by atoms with van der Waals surface area (Å²) in [5, 5.41) is 9.79.